The summed E-state index contributed by atoms with van der Waals surface area (Å²) in [7, 11) is 0. The zero-order valence-corrected chi connectivity index (χ0v) is 5.16. The Kier molecular flexibility index (Phi) is 5.15. The fourth-order valence-corrected chi connectivity index (χ4v) is 0.320. The Balaban J connectivity index is 3.04. The van der Waals surface area contributed by atoms with Crippen molar-refractivity contribution in [1.29, 1.82) is 0 Å². The van der Waals surface area contributed by atoms with Crippen molar-refractivity contribution in [2.24, 2.45) is 0 Å². The van der Waals surface area contributed by atoms with E-state index in [0.717, 1.165) is 0 Å². The maximum Gasteiger partial charge on any atom is 0.419 e. The van der Waals surface area contributed by atoms with Crippen molar-refractivity contribution < 1.29 is 19.4 Å². The highest BCUT2D eigenvalue weighted by atomic mass is 16.7. The molecular formula is C5H9O4. The summed E-state index contributed by atoms with van der Waals surface area (Å²) in [5, 5.41) is 8.20. The van der Waals surface area contributed by atoms with Crippen LogP contribution in [0.3, 0.4) is 0 Å². The molecule has 53 valence electrons. The molecule has 0 heterocycles. The molecule has 0 saturated carbocycles. The zero-order chi connectivity index (χ0) is 7.11. The van der Waals surface area contributed by atoms with Gasteiger partial charge in [-0.25, -0.2) is 4.79 Å². The standard InChI is InChI=1S/C5H9O4/c1-5(9-4-7)8-3-2-6/h5-6H,2-3H2,1H3. The Hall–Kier alpha value is -0.610. The summed E-state index contributed by atoms with van der Waals surface area (Å²) in [6.45, 7) is 2.85. The van der Waals surface area contributed by atoms with Crippen molar-refractivity contribution in [3.63, 3.8) is 0 Å². The Bertz CT molecular complexity index is 73.4. The van der Waals surface area contributed by atoms with Crippen LogP contribution in [0.2, 0.25) is 0 Å². The number of rotatable bonds is 5. The Morgan fingerprint density at radius 1 is 1.78 bits per heavy atom. The SMILES string of the molecule is CC(O[C]=O)OCCO. The van der Waals surface area contributed by atoms with Crippen molar-refractivity contribution in [3.8, 4) is 0 Å². The zero-order valence-electron chi connectivity index (χ0n) is 5.16. The lowest BCUT2D eigenvalue weighted by atomic mass is 10.7. The lowest BCUT2D eigenvalue weighted by Crippen LogP contribution is -2.14. The summed E-state index contributed by atoms with van der Waals surface area (Å²) in [6, 6.07) is 0. The van der Waals surface area contributed by atoms with Crippen molar-refractivity contribution >= 4 is 6.47 Å². The quantitative estimate of drug-likeness (QED) is 0.510. The molecule has 1 atom stereocenters. The molecule has 0 aromatic carbocycles. The lowest BCUT2D eigenvalue weighted by Gasteiger charge is -2.07. The minimum atomic E-state index is -0.616. The van der Waals surface area contributed by atoms with Crippen LogP contribution < -0.4 is 0 Å². The first-order chi connectivity index (χ1) is 4.31. The van der Waals surface area contributed by atoms with Gasteiger partial charge in [0.2, 0.25) is 6.29 Å². The van der Waals surface area contributed by atoms with Crippen LogP contribution in [-0.4, -0.2) is 31.1 Å². The minimum Gasteiger partial charge on any atom is -0.428 e. The predicted octanol–water partition coefficient (Wildman–Crippen LogP) is -0.575. The second-order valence-corrected chi connectivity index (χ2v) is 1.36. The molecule has 0 aliphatic carbocycles. The van der Waals surface area contributed by atoms with Crippen LogP contribution in [-0.2, 0) is 14.3 Å². The fraction of sp³-hybridized carbons (Fsp3) is 0.800. The molecule has 0 amide bonds. The molecule has 0 aromatic rings. The van der Waals surface area contributed by atoms with Crippen molar-refractivity contribution in [1.82, 2.24) is 0 Å². The van der Waals surface area contributed by atoms with Gasteiger partial charge in [-0.3, -0.25) is 0 Å². The highest BCUT2D eigenvalue weighted by Gasteiger charge is 1.98. The van der Waals surface area contributed by atoms with Crippen LogP contribution in [0.5, 0.6) is 0 Å². The number of hydrogen-bond acceptors (Lipinski definition) is 4. The van der Waals surface area contributed by atoms with E-state index in [2.05, 4.69) is 4.74 Å². The molecule has 9 heavy (non-hydrogen) atoms. The number of ether oxygens (including phenoxy) is 2. The van der Waals surface area contributed by atoms with Gasteiger partial charge in [-0.05, 0) is 6.92 Å². The third kappa shape index (κ3) is 5.26. The first kappa shape index (κ1) is 8.39. The maximum absolute atomic E-state index is 9.49. The predicted molar refractivity (Wildman–Crippen MR) is 29.3 cm³/mol. The number of aliphatic hydroxyl groups excluding tert-OH is 1. The first-order valence-corrected chi connectivity index (χ1v) is 2.56. The third-order valence-corrected chi connectivity index (χ3v) is 0.658. The fourth-order valence-electron chi connectivity index (χ4n) is 0.320. The highest BCUT2D eigenvalue weighted by molar-refractivity contribution is 5.38. The van der Waals surface area contributed by atoms with Gasteiger partial charge in [0.05, 0.1) is 13.2 Å². The minimum absolute atomic E-state index is 0.0768. The summed E-state index contributed by atoms with van der Waals surface area (Å²) in [5.41, 5.74) is 0. The van der Waals surface area contributed by atoms with Crippen LogP contribution in [0.15, 0.2) is 0 Å². The maximum atomic E-state index is 9.49. The van der Waals surface area contributed by atoms with E-state index in [1.807, 2.05) is 0 Å². The molecule has 0 aliphatic heterocycles. The monoisotopic (exact) mass is 133 g/mol. The molecule has 0 saturated heterocycles. The molecule has 4 heteroatoms. The summed E-state index contributed by atoms with van der Waals surface area (Å²) in [6.07, 6.45) is -0.616. The molecule has 0 aliphatic rings. The van der Waals surface area contributed by atoms with Gasteiger partial charge in [-0.1, -0.05) is 0 Å². The Labute approximate surface area is 53.4 Å². The first-order valence-electron chi connectivity index (χ1n) is 2.56. The van der Waals surface area contributed by atoms with Crippen molar-refractivity contribution in [2.45, 2.75) is 13.2 Å². The van der Waals surface area contributed by atoms with Gasteiger partial charge < -0.3 is 14.6 Å². The van der Waals surface area contributed by atoms with Crippen LogP contribution in [0.1, 0.15) is 6.92 Å². The third-order valence-electron chi connectivity index (χ3n) is 0.658. The van der Waals surface area contributed by atoms with E-state index in [1.165, 1.54) is 6.47 Å². The van der Waals surface area contributed by atoms with Gasteiger partial charge in [-0.2, -0.15) is 0 Å². The molecule has 0 bridgehead atoms. The molecule has 0 fully saturated rings. The van der Waals surface area contributed by atoms with Gasteiger partial charge in [0, 0.05) is 0 Å². The second kappa shape index (κ2) is 5.53. The van der Waals surface area contributed by atoms with E-state index in [0.29, 0.717) is 0 Å². The average Bonchev–Trinajstić information content (AvgIpc) is 1.85. The van der Waals surface area contributed by atoms with Crippen LogP contribution in [0.4, 0.5) is 0 Å². The number of hydrogen-bond donors (Lipinski definition) is 1. The van der Waals surface area contributed by atoms with Gasteiger partial charge in [-0.15, -0.1) is 0 Å². The molecule has 1 unspecified atom stereocenters. The Morgan fingerprint density at radius 3 is 2.89 bits per heavy atom. The average molecular weight is 133 g/mol. The molecule has 0 rings (SSSR count). The lowest BCUT2D eigenvalue weighted by molar-refractivity contribution is -0.0844. The Morgan fingerprint density at radius 2 is 2.44 bits per heavy atom. The van der Waals surface area contributed by atoms with Gasteiger partial charge in [0.25, 0.3) is 0 Å². The molecule has 1 radical (unpaired) electrons. The van der Waals surface area contributed by atoms with Gasteiger partial charge in [0.1, 0.15) is 0 Å². The largest absolute Gasteiger partial charge is 0.428 e. The van der Waals surface area contributed by atoms with Crippen molar-refractivity contribution in [3.05, 3.63) is 0 Å². The van der Waals surface area contributed by atoms with E-state index in [1.54, 1.807) is 6.92 Å². The molecule has 4 nitrogen and oxygen atoms in total. The number of carbonyl (C=O) groups excluding carboxylic acids is 1. The molecule has 0 aromatic heterocycles. The molecule has 1 N–H and O–H groups in total. The van der Waals surface area contributed by atoms with E-state index in [-0.39, 0.29) is 13.2 Å². The summed E-state index contributed by atoms with van der Waals surface area (Å²) in [5.74, 6) is 0. The second-order valence-electron chi connectivity index (χ2n) is 1.36. The topological polar surface area (TPSA) is 55.8 Å². The smallest absolute Gasteiger partial charge is 0.419 e. The van der Waals surface area contributed by atoms with E-state index < -0.39 is 6.29 Å². The normalized spacial score (nSPS) is 12.7. The van der Waals surface area contributed by atoms with Crippen LogP contribution in [0, 0.1) is 0 Å². The van der Waals surface area contributed by atoms with E-state index in [9.17, 15) is 4.79 Å². The van der Waals surface area contributed by atoms with Gasteiger partial charge in [0.15, 0.2) is 0 Å². The van der Waals surface area contributed by atoms with Gasteiger partial charge >= 0.3 is 6.47 Å². The summed E-state index contributed by atoms with van der Waals surface area (Å²) < 4.78 is 8.90. The van der Waals surface area contributed by atoms with E-state index in [4.69, 9.17) is 9.84 Å². The summed E-state index contributed by atoms with van der Waals surface area (Å²) >= 11 is 0. The van der Waals surface area contributed by atoms with E-state index >= 15 is 0 Å². The van der Waals surface area contributed by atoms with Crippen molar-refractivity contribution in [2.75, 3.05) is 13.2 Å². The molecular weight excluding hydrogens is 124 g/mol. The summed E-state index contributed by atoms with van der Waals surface area (Å²) in [4.78, 5) is 9.49. The van der Waals surface area contributed by atoms with Crippen LogP contribution >= 0.6 is 0 Å². The number of aliphatic hydroxyl groups is 1. The van der Waals surface area contributed by atoms with Crippen LogP contribution in [0.25, 0.3) is 0 Å². The molecule has 0 spiro atoms. The highest BCUT2D eigenvalue weighted by Crippen LogP contribution is 1.88.